The van der Waals surface area contributed by atoms with Gasteiger partial charge < -0.3 is 10.6 Å². The summed E-state index contributed by atoms with van der Waals surface area (Å²) in [5, 5.41) is 4.19. The molecule has 2 N–H and O–H groups in total. The van der Waals surface area contributed by atoms with Crippen LogP contribution in [0.2, 0.25) is 0 Å². The number of piperidine rings is 1. The van der Waals surface area contributed by atoms with Crippen molar-refractivity contribution in [2.24, 2.45) is 5.73 Å². The minimum Gasteiger partial charge on any atom is -0.339 e. The van der Waals surface area contributed by atoms with Gasteiger partial charge in [-0.1, -0.05) is 30.3 Å². The Bertz CT molecular complexity index is 623. The van der Waals surface area contributed by atoms with Crippen LogP contribution in [0.1, 0.15) is 31.4 Å². The van der Waals surface area contributed by atoms with Crippen LogP contribution in [0.15, 0.2) is 43.0 Å². The summed E-state index contributed by atoms with van der Waals surface area (Å²) in [6, 6.07) is 9.70. The first-order valence-electron chi connectivity index (χ1n) is 7.57. The molecule has 6 nitrogen and oxygen atoms in total. The van der Waals surface area contributed by atoms with Gasteiger partial charge >= 0.3 is 0 Å². The number of benzene rings is 1. The molecule has 0 spiro atoms. The molecule has 2 unspecified atom stereocenters. The van der Waals surface area contributed by atoms with Crippen molar-refractivity contribution in [3.8, 4) is 0 Å². The second kappa shape index (κ2) is 5.88. The van der Waals surface area contributed by atoms with Gasteiger partial charge in [0.2, 0.25) is 5.91 Å². The highest BCUT2D eigenvalue weighted by Gasteiger charge is 2.36. The molecule has 0 bridgehead atoms. The molecule has 1 aromatic heterocycles. The molecule has 3 rings (SSSR count). The lowest BCUT2D eigenvalue weighted by molar-refractivity contribution is -0.138. The zero-order chi connectivity index (χ0) is 15.6. The van der Waals surface area contributed by atoms with E-state index in [4.69, 9.17) is 5.73 Å². The Morgan fingerprint density at radius 1 is 1.36 bits per heavy atom. The highest BCUT2D eigenvalue weighted by Crippen LogP contribution is 2.26. The molecular weight excluding hydrogens is 278 g/mol. The zero-order valence-electron chi connectivity index (χ0n) is 12.7. The number of carbonyl (C=O) groups excluding carboxylic acids is 1. The van der Waals surface area contributed by atoms with Crippen molar-refractivity contribution < 1.29 is 4.79 Å². The van der Waals surface area contributed by atoms with Crippen LogP contribution < -0.4 is 5.73 Å². The van der Waals surface area contributed by atoms with E-state index < -0.39 is 5.54 Å². The van der Waals surface area contributed by atoms with Crippen LogP contribution in [0.5, 0.6) is 0 Å². The van der Waals surface area contributed by atoms with Crippen molar-refractivity contribution in [1.82, 2.24) is 19.7 Å². The number of carbonyl (C=O) groups is 1. The van der Waals surface area contributed by atoms with E-state index in [0.29, 0.717) is 6.54 Å². The summed E-state index contributed by atoms with van der Waals surface area (Å²) in [5.41, 5.74) is 6.18. The maximum Gasteiger partial charge on any atom is 0.247 e. The molecule has 2 heterocycles. The summed E-state index contributed by atoms with van der Waals surface area (Å²) in [7, 11) is 0. The smallest absolute Gasteiger partial charge is 0.247 e. The van der Waals surface area contributed by atoms with Crippen molar-refractivity contribution >= 4 is 5.91 Å². The van der Waals surface area contributed by atoms with Gasteiger partial charge in [-0.3, -0.25) is 4.79 Å². The minimum absolute atomic E-state index is 0.0384. The van der Waals surface area contributed by atoms with Gasteiger partial charge in [0, 0.05) is 13.1 Å². The number of rotatable bonds is 3. The monoisotopic (exact) mass is 299 g/mol. The first kappa shape index (κ1) is 14.7. The highest BCUT2D eigenvalue weighted by atomic mass is 16.2. The second-order valence-electron chi connectivity index (χ2n) is 5.99. The molecule has 116 valence electrons. The first-order chi connectivity index (χ1) is 10.6. The Hall–Kier alpha value is -2.21. The van der Waals surface area contributed by atoms with Crippen LogP contribution in [-0.4, -0.2) is 38.7 Å². The van der Waals surface area contributed by atoms with E-state index in [1.54, 1.807) is 13.3 Å². The quantitative estimate of drug-likeness (QED) is 0.927. The number of aromatic nitrogens is 3. The fourth-order valence-corrected chi connectivity index (χ4v) is 3.00. The van der Waals surface area contributed by atoms with Crippen LogP contribution >= 0.6 is 0 Å². The Balaban J connectivity index is 1.77. The SMILES string of the molecule is CC(N)(C(=O)N1CCCC(n2cncn2)C1)c1ccccc1. The molecule has 0 aliphatic carbocycles. The van der Waals surface area contributed by atoms with Crippen molar-refractivity contribution in [3.63, 3.8) is 0 Å². The van der Waals surface area contributed by atoms with E-state index in [0.717, 1.165) is 24.9 Å². The van der Waals surface area contributed by atoms with Gasteiger partial charge in [0.1, 0.15) is 18.2 Å². The lowest BCUT2D eigenvalue weighted by Gasteiger charge is -2.37. The Morgan fingerprint density at radius 2 is 2.14 bits per heavy atom. The number of nitrogens with zero attached hydrogens (tertiary/aromatic N) is 4. The highest BCUT2D eigenvalue weighted by molar-refractivity contribution is 5.87. The van der Waals surface area contributed by atoms with E-state index >= 15 is 0 Å². The summed E-state index contributed by atoms with van der Waals surface area (Å²) in [5.74, 6) is -0.0384. The van der Waals surface area contributed by atoms with Gasteiger partial charge in [0.15, 0.2) is 0 Å². The van der Waals surface area contributed by atoms with Crippen LogP contribution in [0, 0.1) is 0 Å². The van der Waals surface area contributed by atoms with Gasteiger partial charge in [-0.15, -0.1) is 0 Å². The van der Waals surface area contributed by atoms with Crippen LogP contribution in [0.4, 0.5) is 0 Å². The van der Waals surface area contributed by atoms with Crippen molar-refractivity contribution in [2.45, 2.75) is 31.3 Å². The summed E-state index contributed by atoms with van der Waals surface area (Å²) >= 11 is 0. The summed E-state index contributed by atoms with van der Waals surface area (Å²) < 4.78 is 1.83. The van der Waals surface area contributed by atoms with Crippen molar-refractivity contribution in [2.75, 3.05) is 13.1 Å². The van der Waals surface area contributed by atoms with E-state index in [-0.39, 0.29) is 11.9 Å². The molecule has 1 fully saturated rings. The molecule has 22 heavy (non-hydrogen) atoms. The average Bonchev–Trinajstić information content (AvgIpc) is 3.09. The lowest BCUT2D eigenvalue weighted by Crippen LogP contribution is -2.53. The average molecular weight is 299 g/mol. The lowest BCUT2D eigenvalue weighted by atomic mass is 9.90. The maximum atomic E-state index is 12.9. The normalized spacial score (nSPS) is 21.4. The van der Waals surface area contributed by atoms with E-state index in [2.05, 4.69) is 10.1 Å². The number of amides is 1. The molecule has 1 saturated heterocycles. The fourth-order valence-electron chi connectivity index (χ4n) is 3.00. The summed E-state index contributed by atoms with van der Waals surface area (Å²) in [6.07, 6.45) is 5.18. The number of nitrogens with two attached hydrogens (primary N) is 1. The first-order valence-corrected chi connectivity index (χ1v) is 7.57. The van der Waals surface area contributed by atoms with E-state index in [9.17, 15) is 4.79 Å². The molecule has 2 atom stereocenters. The molecule has 1 aliphatic heterocycles. The van der Waals surface area contributed by atoms with Crippen molar-refractivity contribution in [3.05, 3.63) is 48.5 Å². The van der Waals surface area contributed by atoms with Crippen LogP contribution in [-0.2, 0) is 10.3 Å². The van der Waals surface area contributed by atoms with Crippen LogP contribution in [0.25, 0.3) is 0 Å². The standard InChI is InChI=1S/C16H21N5O/c1-16(17,13-6-3-2-4-7-13)15(22)20-9-5-8-14(10-20)21-12-18-11-19-21/h2-4,6-7,11-12,14H,5,8-10,17H2,1H3. The van der Waals surface area contributed by atoms with Gasteiger partial charge in [0.25, 0.3) is 0 Å². The zero-order valence-corrected chi connectivity index (χ0v) is 12.7. The predicted molar refractivity (Wildman–Crippen MR) is 82.9 cm³/mol. The predicted octanol–water partition coefficient (Wildman–Crippen LogP) is 1.32. The molecule has 2 aromatic rings. The molecule has 0 saturated carbocycles. The molecule has 1 amide bonds. The number of likely N-dealkylation sites (tertiary alicyclic amines) is 1. The van der Waals surface area contributed by atoms with Gasteiger partial charge in [0.05, 0.1) is 6.04 Å². The van der Waals surface area contributed by atoms with Crippen LogP contribution in [0.3, 0.4) is 0 Å². The van der Waals surface area contributed by atoms with E-state index in [1.165, 1.54) is 6.33 Å². The Morgan fingerprint density at radius 3 is 2.82 bits per heavy atom. The Kier molecular flexibility index (Phi) is 3.94. The molecule has 6 heteroatoms. The van der Waals surface area contributed by atoms with Crippen molar-refractivity contribution in [1.29, 1.82) is 0 Å². The Labute approximate surface area is 129 Å². The topological polar surface area (TPSA) is 77.0 Å². The second-order valence-corrected chi connectivity index (χ2v) is 5.99. The molecule has 1 aromatic carbocycles. The third-order valence-corrected chi connectivity index (χ3v) is 4.31. The minimum atomic E-state index is -1.01. The molecular formula is C16H21N5O. The van der Waals surface area contributed by atoms with Gasteiger partial charge in [-0.2, -0.15) is 5.10 Å². The molecule has 0 radical (unpaired) electrons. The largest absolute Gasteiger partial charge is 0.339 e. The van der Waals surface area contributed by atoms with E-state index in [1.807, 2.05) is 39.9 Å². The third-order valence-electron chi connectivity index (χ3n) is 4.31. The maximum absolute atomic E-state index is 12.9. The van der Waals surface area contributed by atoms with Gasteiger partial charge in [-0.05, 0) is 25.3 Å². The van der Waals surface area contributed by atoms with Gasteiger partial charge in [-0.25, -0.2) is 9.67 Å². The molecule has 1 aliphatic rings. The summed E-state index contributed by atoms with van der Waals surface area (Å²) in [4.78, 5) is 18.7. The summed E-state index contributed by atoms with van der Waals surface area (Å²) in [6.45, 7) is 3.15. The fraction of sp³-hybridized carbons (Fsp3) is 0.438. The number of hydrogen-bond acceptors (Lipinski definition) is 4. The number of hydrogen-bond donors (Lipinski definition) is 1. The third kappa shape index (κ3) is 2.74.